The van der Waals surface area contributed by atoms with Crippen LogP contribution >= 0.6 is 15.9 Å². The highest BCUT2D eigenvalue weighted by Crippen LogP contribution is 2.14. The molecule has 2 rings (SSSR count). The number of nitrogens with one attached hydrogen (secondary N) is 2. The van der Waals surface area contributed by atoms with Gasteiger partial charge in [-0.1, -0.05) is 46.3 Å². The van der Waals surface area contributed by atoms with Crippen LogP contribution < -0.4 is 10.7 Å². The summed E-state index contributed by atoms with van der Waals surface area (Å²) in [5.74, 6) is -0.176. The van der Waals surface area contributed by atoms with Crippen LogP contribution in [0.15, 0.2) is 58.1 Å². The van der Waals surface area contributed by atoms with Gasteiger partial charge in [-0.05, 0) is 50.1 Å². The van der Waals surface area contributed by atoms with Crippen LogP contribution in [0.4, 0.5) is 5.69 Å². The highest BCUT2D eigenvalue weighted by Gasteiger charge is 2.12. The van der Waals surface area contributed by atoms with E-state index >= 15 is 0 Å². The van der Waals surface area contributed by atoms with Crippen LogP contribution in [0.1, 0.15) is 25.0 Å². The summed E-state index contributed by atoms with van der Waals surface area (Å²) in [7, 11) is 0. The maximum absolute atomic E-state index is 12.2. The number of halogens is 1. The van der Waals surface area contributed by atoms with Crippen LogP contribution in [0, 0.1) is 6.92 Å². The van der Waals surface area contributed by atoms with E-state index in [1.165, 1.54) is 0 Å². The average molecular weight is 374 g/mol. The van der Waals surface area contributed by atoms with E-state index < -0.39 is 0 Å². The van der Waals surface area contributed by atoms with Crippen molar-refractivity contribution in [3.63, 3.8) is 0 Å². The molecule has 2 aromatic rings. The Morgan fingerprint density at radius 2 is 1.78 bits per heavy atom. The maximum atomic E-state index is 12.2. The van der Waals surface area contributed by atoms with Crippen LogP contribution in [0.5, 0.6) is 0 Å². The minimum atomic E-state index is -0.377. The topological polar surface area (TPSA) is 53.5 Å². The van der Waals surface area contributed by atoms with Crippen molar-refractivity contribution in [2.24, 2.45) is 5.10 Å². The van der Waals surface area contributed by atoms with Crippen molar-refractivity contribution in [3.8, 4) is 0 Å². The summed E-state index contributed by atoms with van der Waals surface area (Å²) in [6, 6.07) is 15.3. The average Bonchev–Trinajstić information content (AvgIpc) is 2.55. The Morgan fingerprint density at radius 1 is 1.13 bits per heavy atom. The van der Waals surface area contributed by atoms with Gasteiger partial charge in [-0.15, -0.1) is 0 Å². The molecule has 0 fully saturated rings. The summed E-state index contributed by atoms with van der Waals surface area (Å²) in [5, 5.41) is 7.36. The number of carbonyl (C=O) groups is 1. The van der Waals surface area contributed by atoms with Gasteiger partial charge < -0.3 is 5.32 Å². The van der Waals surface area contributed by atoms with Crippen molar-refractivity contribution in [2.75, 3.05) is 5.32 Å². The van der Waals surface area contributed by atoms with Crippen molar-refractivity contribution in [3.05, 3.63) is 64.1 Å². The third kappa shape index (κ3) is 4.93. The Labute approximate surface area is 145 Å². The monoisotopic (exact) mass is 373 g/mol. The Bertz CT molecular complexity index is 710. The fourth-order valence-corrected chi connectivity index (χ4v) is 2.29. The lowest BCUT2D eigenvalue weighted by Crippen LogP contribution is -2.35. The zero-order chi connectivity index (χ0) is 16.8. The van der Waals surface area contributed by atoms with Crippen LogP contribution in [-0.4, -0.2) is 17.7 Å². The number of para-hydroxylation sites is 1. The van der Waals surface area contributed by atoms with E-state index in [0.717, 1.165) is 27.0 Å². The molecular formula is C18H20BrN3O. The normalized spacial score (nSPS) is 12.6. The van der Waals surface area contributed by atoms with Crippen molar-refractivity contribution in [1.29, 1.82) is 0 Å². The summed E-state index contributed by atoms with van der Waals surface area (Å²) in [5.41, 5.74) is 6.38. The summed E-state index contributed by atoms with van der Waals surface area (Å²) in [6.07, 6.45) is 0. The summed E-state index contributed by atoms with van der Waals surface area (Å²) >= 11 is 3.40. The number of hydrogen-bond acceptors (Lipinski definition) is 3. The number of hydrazone groups is 1. The molecule has 0 spiro atoms. The van der Waals surface area contributed by atoms with Crippen LogP contribution in [0.3, 0.4) is 0 Å². The van der Waals surface area contributed by atoms with Gasteiger partial charge in [0.2, 0.25) is 0 Å². The van der Waals surface area contributed by atoms with E-state index in [-0.39, 0.29) is 11.9 Å². The van der Waals surface area contributed by atoms with Crippen LogP contribution in [-0.2, 0) is 4.79 Å². The van der Waals surface area contributed by atoms with Crippen molar-refractivity contribution in [2.45, 2.75) is 26.8 Å². The van der Waals surface area contributed by atoms with E-state index in [2.05, 4.69) is 31.8 Å². The first kappa shape index (κ1) is 17.2. The fraction of sp³-hybridized carbons (Fsp3) is 0.222. The first-order valence-electron chi connectivity index (χ1n) is 7.39. The Balaban J connectivity index is 1.97. The number of carbonyl (C=O) groups excluding carboxylic acids is 1. The number of benzene rings is 2. The molecule has 0 heterocycles. The highest BCUT2D eigenvalue weighted by molar-refractivity contribution is 9.10. The molecule has 2 N–H and O–H groups in total. The molecule has 1 atom stereocenters. The lowest BCUT2D eigenvalue weighted by atomic mass is 10.1. The standard InChI is InChI=1S/C18H20BrN3O/c1-12-6-4-5-7-17(12)20-14(3)18(23)22-21-13(2)15-8-10-16(19)11-9-15/h4-11,14,20H,1-3H3,(H,22,23)/b21-13+. The molecule has 0 bridgehead atoms. The summed E-state index contributed by atoms with van der Waals surface area (Å²) < 4.78 is 1.01. The molecule has 23 heavy (non-hydrogen) atoms. The molecule has 0 aliphatic carbocycles. The number of anilines is 1. The molecule has 0 saturated heterocycles. The van der Waals surface area contributed by atoms with Crippen molar-refractivity contribution in [1.82, 2.24) is 5.43 Å². The Morgan fingerprint density at radius 3 is 2.43 bits per heavy atom. The second-order valence-corrected chi connectivity index (χ2v) is 6.28. The van der Waals surface area contributed by atoms with Gasteiger partial charge in [0.05, 0.1) is 5.71 Å². The second kappa shape index (κ2) is 7.92. The van der Waals surface area contributed by atoms with Crippen molar-refractivity contribution >= 4 is 33.2 Å². The molecule has 2 aromatic carbocycles. The van der Waals surface area contributed by atoms with Gasteiger partial charge in [0.1, 0.15) is 6.04 Å². The number of amides is 1. The maximum Gasteiger partial charge on any atom is 0.262 e. The molecule has 0 aliphatic heterocycles. The predicted molar refractivity (Wildman–Crippen MR) is 98.8 cm³/mol. The smallest absolute Gasteiger partial charge is 0.262 e. The molecule has 0 aliphatic rings. The molecule has 5 heteroatoms. The molecule has 1 unspecified atom stereocenters. The molecule has 0 saturated carbocycles. The molecule has 120 valence electrons. The van der Waals surface area contributed by atoms with Gasteiger partial charge in [-0.2, -0.15) is 5.10 Å². The lowest BCUT2D eigenvalue weighted by molar-refractivity contribution is -0.121. The van der Waals surface area contributed by atoms with E-state index in [1.54, 1.807) is 0 Å². The first-order chi connectivity index (χ1) is 11.0. The largest absolute Gasteiger partial charge is 0.374 e. The SMILES string of the molecule is C/C(=N\NC(=O)C(C)Nc1ccccc1C)c1ccc(Br)cc1. The zero-order valence-electron chi connectivity index (χ0n) is 13.4. The van der Waals surface area contributed by atoms with Gasteiger partial charge >= 0.3 is 0 Å². The Kier molecular flexibility index (Phi) is 5.93. The van der Waals surface area contributed by atoms with Gasteiger partial charge in [-0.25, -0.2) is 5.43 Å². The van der Waals surface area contributed by atoms with Gasteiger partial charge in [-0.3, -0.25) is 4.79 Å². The summed E-state index contributed by atoms with van der Waals surface area (Å²) in [4.78, 5) is 12.2. The van der Waals surface area contributed by atoms with E-state index in [9.17, 15) is 4.79 Å². The van der Waals surface area contributed by atoms with E-state index in [1.807, 2.05) is 69.3 Å². The second-order valence-electron chi connectivity index (χ2n) is 5.36. The first-order valence-corrected chi connectivity index (χ1v) is 8.19. The van der Waals surface area contributed by atoms with Gasteiger partial charge in [0.15, 0.2) is 0 Å². The fourth-order valence-electron chi connectivity index (χ4n) is 2.03. The Hall–Kier alpha value is -2.14. The van der Waals surface area contributed by atoms with E-state index in [4.69, 9.17) is 0 Å². The molecule has 0 aromatic heterocycles. The number of nitrogens with zero attached hydrogens (tertiary/aromatic N) is 1. The highest BCUT2D eigenvalue weighted by atomic mass is 79.9. The zero-order valence-corrected chi connectivity index (χ0v) is 15.0. The number of aryl methyl sites for hydroxylation is 1. The molecule has 4 nitrogen and oxygen atoms in total. The van der Waals surface area contributed by atoms with E-state index in [0.29, 0.717) is 0 Å². The quantitative estimate of drug-likeness (QED) is 0.612. The van der Waals surface area contributed by atoms with Crippen molar-refractivity contribution < 1.29 is 4.79 Å². The number of rotatable bonds is 5. The minimum Gasteiger partial charge on any atom is -0.374 e. The van der Waals surface area contributed by atoms with Gasteiger partial charge in [0, 0.05) is 10.2 Å². The molecule has 1 amide bonds. The minimum absolute atomic E-state index is 0.176. The summed E-state index contributed by atoms with van der Waals surface area (Å²) in [6.45, 7) is 5.68. The van der Waals surface area contributed by atoms with Gasteiger partial charge in [0.25, 0.3) is 5.91 Å². The van der Waals surface area contributed by atoms with Crippen LogP contribution in [0.2, 0.25) is 0 Å². The molecule has 0 radical (unpaired) electrons. The lowest BCUT2D eigenvalue weighted by Gasteiger charge is -2.15. The predicted octanol–water partition coefficient (Wildman–Crippen LogP) is 4.10. The third-order valence-electron chi connectivity index (χ3n) is 3.51. The third-order valence-corrected chi connectivity index (χ3v) is 4.03. The van der Waals surface area contributed by atoms with Crippen LogP contribution in [0.25, 0.3) is 0 Å². The number of hydrogen-bond donors (Lipinski definition) is 2. The molecular weight excluding hydrogens is 354 g/mol.